The molecule has 0 saturated carbocycles. The van der Waals surface area contributed by atoms with Gasteiger partial charge in [0.2, 0.25) is 0 Å². The van der Waals surface area contributed by atoms with E-state index in [1.54, 1.807) is 48.6 Å². The van der Waals surface area contributed by atoms with E-state index in [1.807, 2.05) is 48.5 Å². The van der Waals surface area contributed by atoms with Crippen molar-refractivity contribution in [1.29, 1.82) is 0 Å². The highest BCUT2D eigenvalue weighted by Crippen LogP contribution is 2.32. The molecule has 0 fully saturated rings. The molecule has 0 aromatic heterocycles. The van der Waals surface area contributed by atoms with Crippen molar-refractivity contribution in [2.75, 3.05) is 26.4 Å². The van der Waals surface area contributed by atoms with Gasteiger partial charge in [0.15, 0.2) is 35.6 Å². The molecular formula is C38H38O8. The van der Waals surface area contributed by atoms with Gasteiger partial charge < -0.3 is 28.4 Å². The molecule has 8 heteroatoms. The molecule has 0 bridgehead atoms. The number of carbonyl (C=O) groups excluding carboxylic acids is 2. The molecule has 4 aromatic carbocycles. The van der Waals surface area contributed by atoms with Gasteiger partial charge in [-0.15, -0.1) is 0 Å². The van der Waals surface area contributed by atoms with Crippen LogP contribution in [0, 0.1) is 0 Å². The van der Waals surface area contributed by atoms with Gasteiger partial charge in [0, 0.05) is 0 Å². The molecule has 0 aliphatic carbocycles. The Balaban J connectivity index is 1.14. The average molecular weight is 623 g/mol. The first-order valence-corrected chi connectivity index (χ1v) is 15.0. The van der Waals surface area contributed by atoms with Crippen LogP contribution >= 0.6 is 0 Å². The van der Waals surface area contributed by atoms with Crippen molar-refractivity contribution in [1.82, 2.24) is 0 Å². The largest absolute Gasteiger partial charge is 0.494 e. The van der Waals surface area contributed by atoms with Crippen LogP contribution in [-0.4, -0.2) is 39.0 Å². The molecule has 4 rings (SSSR count). The zero-order valence-corrected chi connectivity index (χ0v) is 25.7. The summed E-state index contributed by atoms with van der Waals surface area (Å²) in [5.74, 6) is 3.37. The molecule has 0 N–H and O–H groups in total. The minimum absolute atomic E-state index is 0.277. The highest BCUT2D eigenvalue weighted by Gasteiger charge is 2.12. The summed E-state index contributed by atoms with van der Waals surface area (Å²) in [7, 11) is 0. The monoisotopic (exact) mass is 622 g/mol. The van der Waals surface area contributed by atoms with Crippen molar-refractivity contribution in [3.63, 3.8) is 0 Å². The number of ether oxygens (including phenoxy) is 6. The van der Waals surface area contributed by atoms with Crippen molar-refractivity contribution in [2.45, 2.75) is 26.1 Å². The van der Waals surface area contributed by atoms with Crippen LogP contribution in [0.15, 0.2) is 110 Å². The minimum Gasteiger partial charge on any atom is -0.494 e. The van der Waals surface area contributed by atoms with Crippen molar-refractivity contribution in [3.05, 3.63) is 132 Å². The van der Waals surface area contributed by atoms with Crippen molar-refractivity contribution in [3.8, 4) is 34.5 Å². The highest BCUT2D eigenvalue weighted by atomic mass is 16.5. The first-order chi connectivity index (χ1) is 22.6. The highest BCUT2D eigenvalue weighted by molar-refractivity contribution is 5.81. The molecule has 0 aliphatic rings. The first-order valence-electron chi connectivity index (χ1n) is 15.0. The van der Waals surface area contributed by atoms with E-state index in [2.05, 4.69) is 13.2 Å². The maximum absolute atomic E-state index is 11.4. The van der Waals surface area contributed by atoms with Crippen molar-refractivity contribution >= 4 is 12.6 Å². The number of hydrogen-bond donors (Lipinski definition) is 0. The zero-order chi connectivity index (χ0) is 32.4. The second-order valence-electron chi connectivity index (χ2n) is 10.1. The van der Waals surface area contributed by atoms with E-state index in [4.69, 9.17) is 28.4 Å². The summed E-state index contributed by atoms with van der Waals surface area (Å²) in [5, 5.41) is 0. The normalized spacial score (nSPS) is 10.3. The van der Waals surface area contributed by atoms with E-state index in [0.717, 1.165) is 48.0 Å². The number of benzene rings is 4. The summed E-state index contributed by atoms with van der Waals surface area (Å²) < 4.78 is 34.9. The van der Waals surface area contributed by atoms with Gasteiger partial charge in [0.05, 0.1) is 24.3 Å². The maximum atomic E-state index is 11.4. The Labute approximate surface area is 269 Å². The molecule has 0 spiro atoms. The third kappa shape index (κ3) is 10.0. The van der Waals surface area contributed by atoms with Gasteiger partial charge in [-0.1, -0.05) is 61.7 Å². The van der Waals surface area contributed by atoms with Gasteiger partial charge in [0.1, 0.15) is 37.9 Å². The second kappa shape index (κ2) is 18.3. The van der Waals surface area contributed by atoms with Crippen LogP contribution in [0.4, 0.5) is 0 Å². The van der Waals surface area contributed by atoms with Crippen molar-refractivity contribution in [2.24, 2.45) is 0 Å². The lowest BCUT2D eigenvalue weighted by Gasteiger charge is -2.14. The Kier molecular flexibility index (Phi) is 13.3. The van der Waals surface area contributed by atoms with Crippen LogP contribution in [0.3, 0.4) is 0 Å². The minimum atomic E-state index is 0.277. The molecule has 4 aromatic rings. The summed E-state index contributed by atoms with van der Waals surface area (Å²) in [6.45, 7) is 9.63. The van der Waals surface area contributed by atoms with E-state index >= 15 is 0 Å². The van der Waals surface area contributed by atoms with E-state index < -0.39 is 0 Å². The van der Waals surface area contributed by atoms with Crippen LogP contribution in [0.2, 0.25) is 0 Å². The Morgan fingerprint density at radius 1 is 0.500 bits per heavy atom. The summed E-state index contributed by atoms with van der Waals surface area (Å²) in [5.41, 5.74) is 2.77. The van der Waals surface area contributed by atoms with Crippen LogP contribution < -0.4 is 28.4 Å². The van der Waals surface area contributed by atoms with E-state index in [1.165, 1.54) is 0 Å². The Morgan fingerprint density at radius 2 is 0.913 bits per heavy atom. The maximum Gasteiger partial charge on any atom is 0.172 e. The predicted octanol–water partition coefficient (Wildman–Crippen LogP) is 7.84. The van der Waals surface area contributed by atoms with E-state index in [-0.39, 0.29) is 13.2 Å². The molecule has 0 radical (unpaired) electrons. The second-order valence-corrected chi connectivity index (χ2v) is 10.1. The number of hydrogen-bond acceptors (Lipinski definition) is 8. The zero-order valence-electron chi connectivity index (χ0n) is 25.7. The molecular weight excluding hydrogens is 584 g/mol. The topological polar surface area (TPSA) is 89.5 Å². The van der Waals surface area contributed by atoms with Gasteiger partial charge in [-0.25, -0.2) is 0 Å². The van der Waals surface area contributed by atoms with Gasteiger partial charge in [-0.05, 0) is 72.5 Å². The number of unbranched alkanes of at least 4 members (excludes halogenated alkanes) is 1. The Bertz CT molecular complexity index is 1440. The third-order valence-corrected chi connectivity index (χ3v) is 6.68. The Hall–Kier alpha value is -5.50. The Morgan fingerprint density at radius 3 is 1.28 bits per heavy atom. The fourth-order valence-corrected chi connectivity index (χ4v) is 4.34. The van der Waals surface area contributed by atoms with Gasteiger partial charge in [0.25, 0.3) is 0 Å². The number of carbonyl (C=O) groups is 2. The number of rotatable bonds is 21. The average Bonchev–Trinajstić information content (AvgIpc) is 3.10. The SMILES string of the molecule is C=CCOc1c(C=O)cccc1OCc1ccc(OCCCCOc2ccc(COc3cccc(C=O)c3OCC=C)cc2)cc1. The van der Waals surface area contributed by atoms with Crippen LogP contribution in [0.25, 0.3) is 0 Å². The van der Waals surface area contributed by atoms with Crippen LogP contribution in [0.5, 0.6) is 34.5 Å². The number of para-hydroxylation sites is 2. The summed E-state index contributed by atoms with van der Waals surface area (Å²) in [4.78, 5) is 22.8. The molecule has 0 amide bonds. The quantitative estimate of drug-likeness (QED) is 0.0528. The lowest BCUT2D eigenvalue weighted by Crippen LogP contribution is -2.04. The number of aldehydes is 2. The molecule has 46 heavy (non-hydrogen) atoms. The molecule has 8 nitrogen and oxygen atoms in total. The third-order valence-electron chi connectivity index (χ3n) is 6.68. The van der Waals surface area contributed by atoms with Gasteiger partial charge in [-0.2, -0.15) is 0 Å². The van der Waals surface area contributed by atoms with Crippen molar-refractivity contribution < 1.29 is 38.0 Å². The molecule has 0 saturated heterocycles. The molecule has 0 heterocycles. The molecule has 0 atom stereocenters. The van der Waals surface area contributed by atoms with Gasteiger partial charge >= 0.3 is 0 Å². The van der Waals surface area contributed by atoms with E-state index in [0.29, 0.717) is 60.6 Å². The summed E-state index contributed by atoms with van der Waals surface area (Å²) >= 11 is 0. The lowest BCUT2D eigenvalue weighted by atomic mass is 10.2. The predicted molar refractivity (Wildman–Crippen MR) is 177 cm³/mol. The van der Waals surface area contributed by atoms with Gasteiger partial charge in [-0.3, -0.25) is 9.59 Å². The first kappa shape index (κ1) is 33.4. The smallest absolute Gasteiger partial charge is 0.172 e. The molecule has 0 aliphatic heterocycles. The standard InChI is InChI=1S/C38H38O8/c1-3-21-43-37-31(25-39)9-7-11-35(37)45-27-29-13-17-33(18-14-29)41-23-5-6-24-42-34-19-15-30(16-20-34)28-46-36-12-8-10-32(26-40)38(36)44-22-4-2/h3-4,7-20,25-26H,1-2,5-6,21-24,27-28H2. The fraction of sp³-hybridized carbons (Fsp3) is 0.211. The van der Waals surface area contributed by atoms with Crippen LogP contribution in [-0.2, 0) is 13.2 Å². The summed E-state index contributed by atoms with van der Waals surface area (Å²) in [6.07, 6.45) is 6.41. The fourth-order valence-electron chi connectivity index (χ4n) is 4.34. The summed E-state index contributed by atoms with van der Waals surface area (Å²) in [6, 6.07) is 25.8. The van der Waals surface area contributed by atoms with Crippen LogP contribution in [0.1, 0.15) is 44.7 Å². The molecule has 238 valence electrons. The lowest BCUT2D eigenvalue weighted by molar-refractivity contribution is 0.111. The van der Waals surface area contributed by atoms with E-state index in [9.17, 15) is 9.59 Å². The molecule has 0 unspecified atom stereocenters.